The lowest BCUT2D eigenvalue weighted by atomic mass is 10.3. The first kappa shape index (κ1) is 9.59. The van der Waals surface area contributed by atoms with Crippen LogP contribution in [0.1, 0.15) is 16.6 Å². The van der Waals surface area contributed by atoms with Crippen molar-refractivity contribution in [1.29, 1.82) is 0 Å². The van der Waals surface area contributed by atoms with Crippen LogP contribution in [-0.2, 0) is 4.79 Å². The first-order valence-corrected chi connectivity index (χ1v) is 4.19. The number of aromatic nitrogens is 2. The molecule has 0 saturated carbocycles. The van der Waals surface area contributed by atoms with Gasteiger partial charge in [-0.15, -0.1) is 5.10 Å². The summed E-state index contributed by atoms with van der Waals surface area (Å²) in [5.74, 6) is -1.55. The molecular formula is C6H7N3O3S. The first-order valence-electron chi connectivity index (χ1n) is 3.42. The fourth-order valence-electron chi connectivity index (χ4n) is 0.597. The molecule has 0 fully saturated rings. The maximum Gasteiger partial charge on any atom is 0.325 e. The summed E-state index contributed by atoms with van der Waals surface area (Å²) < 4.78 is 3.48. The zero-order valence-corrected chi connectivity index (χ0v) is 7.54. The Labute approximate surface area is 77.7 Å². The van der Waals surface area contributed by atoms with Gasteiger partial charge in [0, 0.05) is 0 Å². The van der Waals surface area contributed by atoms with Crippen molar-refractivity contribution < 1.29 is 14.7 Å². The van der Waals surface area contributed by atoms with Gasteiger partial charge in [0.15, 0.2) is 0 Å². The van der Waals surface area contributed by atoms with Crippen molar-refractivity contribution in [2.24, 2.45) is 0 Å². The van der Waals surface area contributed by atoms with E-state index < -0.39 is 17.9 Å². The average molecular weight is 201 g/mol. The quantitative estimate of drug-likeness (QED) is 0.703. The molecule has 1 amide bonds. The Morgan fingerprint density at radius 1 is 1.69 bits per heavy atom. The van der Waals surface area contributed by atoms with Crippen LogP contribution in [0.25, 0.3) is 0 Å². The monoisotopic (exact) mass is 201 g/mol. The summed E-state index contributed by atoms with van der Waals surface area (Å²) >= 11 is 0.919. The fourth-order valence-corrected chi connectivity index (χ4v) is 1.02. The van der Waals surface area contributed by atoms with Crippen LogP contribution in [0.4, 0.5) is 0 Å². The van der Waals surface area contributed by atoms with Crippen molar-refractivity contribution in [3.05, 3.63) is 11.1 Å². The number of carboxylic acid groups (broad SMARTS) is 1. The van der Waals surface area contributed by atoms with E-state index in [1.807, 2.05) is 0 Å². The summed E-state index contributed by atoms with van der Waals surface area (Å²) in [5.41, 5.74) is 0. The molecule has 0 bridgehead atoms. The predicted octanol–water partition coefficient (Wildman–Crippen LogP) is -0.259. The summed E-state index contributed by atoms with van der Waals surface area (Å²) in [6, 6.07) is -0.908. The number of carbonyl (C=O) groups is 2. The first-order chi connectivity index (χ1) is 6.11. The zero-order chi connectivity index (χ0) is 9.84. The second-order valence-corrected chi connectivity index (χ2v) is 3.10. The summed E-state index contributed by atoms with van der Waals surface area (Å²) in [6.45, 7) is 1.38. The van der Waals surface area contributed by atoms with Gasteiger partial charge in [-0.05, 0) is 18.5 Å². The molecule has 0 aromatic carbocycles. The number of nitrogens with one attached hydrogen (secondary N) is 1. The second-order valence-electron chi connectivity index (χ2n) is 2.32. The number of amides is 1. The molecule has 70 valence electrons. The maximum absolute atomic E-state index is 11.2. The molecular weight excluding hydrogens is 194 g/mol. The van der Waals surface area contributed by atoms with Crippen molar-refractivity contribution >= 4 is 23.4 Å². The Bertz CT molecular complexity index is 311. The van der Waals surface area contributed by atoms with E-state index in [-0.39, 0.29) is 0 Å². The van der Waals surface area contributed by atoms with Gasteiger partial charge in [0.05, 0.1) is 6.20 Å². The number of carbonyl (C=O) groups excluding carboxylic acids is 1. The summed E-state index contributed by atoms with van der Waals surface area (Å²) in [6.07, 6.45) is 1.29. The van der Waals surface area contributed by atoms with Gasteiger partial charge < -0.3 is 10.4 Å². The van der Waals surface area contributed by atoms with Crippen LogP contribution >= 0.6 is 11.5 Å². The molecule has 1 atom stereocenters. The molecule has 1 aromatic heterocycles. The molecule has 0 aliphatic heterocycles. The molecule has 2 N–H and O–H groups in total. The predicted molar refractivity (Wildman–Crippen MR) is 44.5 cm³/mol. The van der Waals surface area contributed by atoms with Gasteiger partial charge >= 0.3 is 5.97 Å². The molecule has 13 heavy (non-hydrogen) atoms. The van der Waals surface area contributed by atoms with Crippen LogP contribution < -0.4 is 5.32 Å². The standard InChI is InChI=1S/C6H7N3O3S/c1-3(6(11)12)8-5(10)4-2-7-9-13-4/h2-3H,1H3,(H,8,10)(H,11,12)/t3-/m1/s1. The third kappa shape index (κ3) is 2.48. The Balaban J connectivity index is 2.56. The van der Waals surface area contributed by atoms with E-state index >= 15 is 0 Å². The van der Waals surface area contributed by atoms with Crippen molar-refractivity contribution in [2.75, 3.05) is 0 Å². The van der Waals surface area contributed by atoms with Gasteiger partial charge in [-0.1, -0.05) is 4.49 Å². The molecule has 0 saturated heterocycles. The highest BCUT2D eigenvalue weighted by Gasteiger charge is 2.16. The van der Waals surface area contributed by atoms with E-state index in [0.717, 1.165) is 11.5 Å². The lowest BCUT2D eigenvalue weighted by molar-refractivity contribution is -0.138. The van der Waals surface area contributed by atoms with Crippen LogP contribution in [0.15, 0.2) is 6.20 Å². The smallest absolute Gasteiger partial charge is 0.325 e. The Hall–Kier alpha value is -1.50. The van der Waals surface area contributed by atoms with E-state index in [2.05, 4.69) is 14.9 Å². The molecule has 0 unspecified atom stereocenters. The molecule has 6 nitrogen and oxygen atoms in total. The average Bonchev–Trinajstić information content (AvgIpc) is 2.55. The van der Waals surface area contributed by atoms with Crippen molar-refractivity contribution in [1.82, 2.24) is 14.9 Å². The number of nitrogens with zero attached hydrogens (tertiary/aromatic N) is 2. The van der Waals surface area contributed by atoms with Gasteiger partial charge in [-0.25, -0.2) is 0 Å². The summed E-state index contributed by atoms with van der Waals surface area (Å²) in [4.78, 5) is 21.8. The van der Waals surface area contributed by atoms with Crippen molar-refractivity contribution in [2.45, 2.75) is 13.0 Å². The maximum atomic E-state index is 11.2. The molecule has 7 heteroatoms. The summed E-state index contributed by atoms with van der Waals surface area (Å²) in [5, 5.41) is 14.2. The molecule has 1 heterocycles. The van der Waals surface area contributed by atoms with Crippen LogP contribution in [0, 0.1) is 0 Å². The molecule has 1 rings (SSSR count). The van der Waals surface area contributed by atoms with E-state index in [1.54, 1.807) is 0 Å². The Morgan fingerprint density at radius 2 is 2.38 bits per heavy atom. The Morgan fingerprint density at radius 3 is 2.85 bits per heavy atom. The number of carboxylic acids is 1. The highest BCUT2D eigenvalue weighted by molar-refractivity contribution is 7.07. The van der Waals surface area contributed by atoms with Crippen molar-refractivity contribution in [3.8, 4) is 0 Å². The highest BCUT2D eigenvalue weighted by Crippen LogP contribution is 2.01. The third-order valence-corrected chi connectivity index (χ3v) is 1.97. The van der Waals surface area contributed by atoms with Crippen LogP contribution in [0.2, 0.25) is 0 Å². The lowest BCUT2D eigenvalue weighted by Gasteiger charge is -2.06. The van der Waals surface area contributed by atoms with E-state index in [4.69, 9.17) is 5.11 Å². The van der Waals surface area contributed by atoms with Gasteiger partial charge in [0.25, 0.3) is 5.91 Å². The van der Waals surface area contributed by atoms with Crippen molar-refractivity contribution in [3.63, 3.8) is 0 Å². The SMILES string of the molecule is C[C@@H](NC(=O)c1cnns1)C(=O)O. The number of hydrogen-bond donors (Lipinski definition) is 2. The fraction of sp³-hybridized carbons (Fsp3) is 0.333. The normalized spacial score (nSPS) is 12.1. The summed E-state index contributed by atoms with van der Waals surface area (Å²) in [7, 11) is 0. The number of hydrogen-bond acceptors (Lipinski definition) is 5. The van der Waals surface area contributed by atoms with Gasteiger partial charge in [0.2, 0.25) is 0 Å². The van der Waals surface area contributed by atoms with Crippen LogP contribution in [0.5, 0.6) is 0 Å². The largest absolute Gasteiger partial charge is 0.480 e. The van der Waals surface area contributed by atoms with E-state index in [9.17, 15) is 9.59 Å². The zero-order valence-electron chi connectivity index (χ0n) is 6.72. The second kappa shape index (κ2) is 3.94. The Kier molecular flexibility index (Phi) is 2.91. The van der Waals surface area contributed by atoms with E-state index in [0.29, 0.717) is 4.88 Å². The van der Waals surface area contributed by atoms with Gasteiger partial charge in [0.1, 0.15) is 10.9 Å². The highest BCUT2D eigenvalue weighted by atomic mass is 32.1. The topological polar surface area (TPSA) is 92.2 Å². The molecule has 0 aliphatic carbocycles. The number of rotatable bonds is 3. The molecule has 0 radical (unpaired) electrons. The van der Waals surface area contributed by atoms with Gasteiger partial charge in [-0.2, -0.15) is 0 Å². The minimum Gasteiger partial charge on any atom is -0.480 e. The van der Waals surface area contributed by atoms with Crippen LogP contribution in [0.3, 0.4) is 0 Å². The minimum absolute atomic E-state index is 0.299. The third-order valence-electron chi connectivity index (χ3n) is 1.30. The molecule has 0 spiro atoms. The van der Waals surface area contributed by atoms with Gasteiger partial charge in [-0.3, -0.25) is 9.59 Å². The van der Waals surface area contributed by atoms with Crippen LogP contribution in [-0.4, -0.2) is 32.6 Å². The number of aliphatic carboxylic acids is 1. The van der Waals surface area contributed by atoms with E-state index in [1.165, 1.54) is 13.1 Å². The molecule has 1 aromatic rings. The molecule has 0 aliphatic rings. The lowest BCUT2D eigenvalue weighted by Crippen LogP contribution is -2.37. The minimum atomic E-state index is -1.08.